The molecule has 2 unspecified atom stereocenters. The van der Waals surface area contributed by atoms with Crippen molar-refractivity contribution in [1.82, 2.24) is 0 Å². The van der Waals surface area contributed by atoms with Gasteiger partial charge in [0.25, 0.3) is 0 Å². The van der Waals surface area contributed by atoms with Gasteiger partial charge in [0, 0.05) is 0 Å². The van der Waals surface area contributed by atoms with Gasteiger partial charge in [-0.25, -0.2) is 0 Å². The molecule has 0 aromatic carbocycles. The predicted octanol–water partition coefficient (Wildman–Crippen LogP) is 1.80. The SMILES string of the molecule is CC1C[C@H]2C[C@@H]1CCC2O. The summed E-state index contributed by atoms with van der Waals surface area (Å²) in [6, 6.07) is 0. The highest BCUT2D eigenvalue weighted by Gasteiger charge is 2.38. The van der Waals surface area contributed by atoms with Crippen LogP contribution in [0.5, 0.6) is 0 Å². The molecule has 2 aliphatic carbocycles. The molecule has 2 fully saturated rings. The molecule has 0 amide bonds. The molecule has 58 valence electrons. The Hall–Kier alpha value is -0.0400. The average Bonchev–Trinajstić information content (AvgIpc) is 2.21. The van der Waals surface area contributed by atoms with Crippen molar-refractivity contribution in [3.8, 4) is 0 Å². The van der Waals surface area contributed by atoms with Crippen molar-refractivity contribution in [2.24, 2.45) is 17.8 Å². The maximum Gasteiger partial charge on any atom is 0.0568 e. The number of hydrogen-bond acceptors (Lipinski definition) is 1. The van der Waals surface area contributed by atoms with E-state index in [2.05, 4.69) is 6.92 Å². The van der Waals surface area contributed by atoms with Crippen molar-refractivity contribution in [2.75, 3.05) is 0 Å². The van der Waals surface area contributed by atoms with Crippen molar-refractivity contribution in [1.29, 1.82) is 0 Å². The van der Waals surface area contributed by atoms with E-state index in [1.165, 1.54) is 19.3 Å². The van der Waals surface area contributed by atoms with Crippen LogP contribution in [-0.4, -0.2) is 11.2 Å². The lowest BCUT2D eigenvalue weighted by molar-refractivity contribution is 0.0768. The summed E-state index contributed by atoms with van der Waals surface area (Å²) in [5, 5.41) is 9.51. The highest BCUT2D eigenvalue weighted by molar-refractivity contribution is 4.89. The van der Waals surface area contributed by atoms with E-state index in [9.17, 15) is 5.11 Å². The third kappa shape index (κ3) is 0.878. The molecule has 0 radical (unpaired) electrons. The fraction of sp³-hybridized carbons (Fsp3) is 1.00. The third-order valence-corrected chi connectivity index (χ3v) is 3.46. The zero-order valence-corrected chi connectivity index (χ0v) is 6.59. The monoisotopic (exact) mass is 140 g/mol. The molecule has 1 heteroatoms. The minimum Gasteiger partial charge on any atom is -0.393 e. The fourth-order valence-corrected chi connectivity index (χ4v) is 2.72. The highest BCUT2D eigenvalue weighted by atomic mass is 16.3. The molecule has 1 nitrogen and oxygen atoms in total. The summed E-state index contributed by atoms with van der Waals surface area (Å²) in [6.45, 7) is 2.34. The Morgan fingerprint density at radius 2 is 1.90 bits per heavy atom. The molecule has 2 rings (SSSR count). The second-order valence-electron chi connectivity index (χ2n) is 4.11. The van der Waals surface area contributed by atoms with Gasteiger partial charge in [-0.1, -0.05) is 6.92 Å². The number of aliphatic hydroxyl groups is 1. The van der Waals surface area contributed by atoms with Gasteiger partial charge < -0.3 is 5.11 Å². The van der Waals surface area contributed by atoms with Crippen LogP contribution < -0.4 is 0 Å². The minimum absolute atomic E-state index is 0.0428. The summed E-state index contributed by atoms with van der Waals surface area (Å²) >= 11 is 0. The molecule has 1 N–H and O–H groups in total. The fourth-order valence-electron chi connectivity index (χ4n) is 2.72. The van der Waals surface area contributed by atoms with Crippen LogP contribution in [0.15, 0.2) is 0 Å². The average molecular weight is 140 g/mol. The number of aliphatic hydroxyl groups excluding tert-OH is 1. The molecule has 0 heterocycles. The van der Waals surface area contributed by atoms with Crippen LogP contribution in [0.3, 0.4) is 0 Å². The Kier molecular flexibility index (Phi) is 1.48. The van der Waals surface area contributed by atoms with Gasteiger partial charge in [-0.2, -0.15) is 0 Å². The van der Waals surface area contributed by atoms with Crippen LogP contribution in [0.4, 0.5) is 0 Å². The summed E-state index contributed by atoms with van der Waals surface area (Å²) in [7, 11) is 0. The summed E-state index contributed by atoms with van der Waals surface area (Å²) in [5.74, 6) is 2.50. The van der Waals surface area contributed by atoms with E-state index in [0.29, 0.717) is 5.92 Å². The maximum atomic E-state index is 9.51. The van der Waals surface area contributed by atoms with Crippen LogP contribution in [0.2, 0.25) is 0 Å². The quantitative estimate of drug-likeness (QED) is 0.544. The molecule has 4 atom stereocenters. The van der Waals surface area contributed by atoms with Gasteiger partial charge in [-0.05, 0) is 43.4 Å². The summed E-state index contributed by atoms with van der Waals surface area (Å²) in [6.07, 6.45) is 4.98. The Bertz CT molecular complexity index is 131. The first kappa shape index (κ1) is 6.66. The van der Waals surface area contributed by atoms with Gasteiger partial charge >= 0.3 is 0 Å². The second-order valence-corrected chi connectivity index (χ2v) is 4.11. The molecule has 2 saturated carbocycles. The van der Waals surface area contributed by atoms with Crippen molar-refractivity contribution in [2.45, 2.75) is 38.7 Å². The van der Waals surface area contributed by atoms with Crippen LogP contribution in [-0.2, 0) is 0 Å². The molecular formula is C9H16O. The van der Waals surface area contributed by atoms with Gasteiger partial charge in [0.2, 0.25) is 0 Å². The molecule has 10 heavy (non-hydrogen) atoms. The summed E-state index contributed by atoms with van der Waals surface area (Å²) in [5.41, 5.74) is 0. The largest absolute Gasteiger partial charge is 0.393 e. The van der Waals surface area contributed by atoms with E-state index < -0.39 is 0 Å². The van der Waals surface area contributed by atoms with Gasteiger partial charge in [-0.15, -0.1) is 0 Å². The zero-order chi connectivity index (χ0) is 7.14. The predicted molar refractivity (Wildman–Crippen MR) is 40.6 cm³/mol. The summed E-state index contributed by atoms with van der Waals surface area (Å²) in [4.78, 5) is 0. The van der Waals surface area contributed by atoms with Crippen molar-refractivity contribution in [3.63, 3.8) is 0 Å². The normalized spacial score (nSPS) is 53.4. The smallest absolute Gasteiger partial charge is 0.0568 e. The van der Waals surface area contributed by atoms with Crippen molar-refractivity contribution >= 4 is 0 Å². The zero-order valence-electron chi connectivity index (χ0n) is 6.59. The molecule has 2 bridgehead atoms. The Balaban J connectivity index is 2.08. The van der Waals surface area contributed by atoms with E-state index in [1.54, 1.807) is 0 Å². The van der Waals surface area contributed by atoms with Crippen LogP contribution >= 0.6 is 0 Å². The molecule has 0 aromatic rings. The number of hydrogen-bond donors (Lipinski definition) is 1. The van der Waals surface area contributed by atoms with Crippen molar-refractivity contribution in [3.05, 3.63) is 0 Å². The van der Waals surface area contributed by atoms with E-state index in [4.69, 9.17) is 0 Å². The van der Waals surface area contributed by atoms with Gasteiger partial charge in [-0.3, -0.25) is 0 Å². The van der Waals surface area contributed by atoms with E-state index in [1.807, 2.05) is 0 Å². The van der Waals surface area contributed by atoms with Gasteiger partial charge in [0.15, 0.2) is 0 Å². The topological polar surface area (TPSA) is 20.2 Å². The first-order valence-electron chi connectivity index (χ1n) is 4.45. The highest BCUT2D eigenvalue weighted by Crippen LogP contribution is 2.45. The molecule has 0 aromatic heterocycles. The lowest BCUT2D eigenvalue weighted by Gasteiger charge is -2.24. The maximum absolute atomic E-state index is 9.51. The van der Waals surface area contributed by atoms with E-state index in [0.717, 1.165) is 18.3 Å². The Morgan fingerprint density at radius 1 is 1.10 bits per heavy atom. The minimum atomic E-state index is 0.0428. The standard InChI is InChI=1S/C9H16O/c1-6-4-8-5-7(6)2-3-9(8)10/h6-10H,2-5H2,1H3/t6?,7-,8-,9?/m0/s1. The van der Waals surface area contributed by atoms with Crippen LogP contribution in [0, 0.1) is 17.8 Å². The lowest BCUT2D eigenvalue weighted by Crippen LogP contribution is -2.22. The van der Waals surface area contributed by atoms with Gasteiger partial charge in [0.1, 0.15) is 0 Å². The van der Waals surface area contributed by atoms with E-state index in [-0.39, 0.29) is 6.10 Å². The number of fused-ring (bicyclic) bond motifs is 2. The molecular weight excluding hydrogens is 124 g/mol. The molecule has 0 saturated heterocycles. The number of rotatable bonds is 0. The molecule has 0 spiro atoms. The first-order chi connectivity index (χ1) is 4.77. The van der Waals surface area contributed by atoms with Gasteiger partial charge in [0.05, 0.1) is 6.10 Å². The first-order valence-corrected chi connectivity index (χ1v) is 4.45. The summed E-state index contributed by atoms with van der Waals surface area (Å²) < 4.78 is 0. The molecule has 2 aliphatic rings. The van der Waals surface area contributed by atoms with E-state index >= 15 is 0 Å². The van der Waals surface area contributed by atoms with Crippen LogP contribution in [0.25, 0.3) is 0 Å². The molecule has 0 aliphatic heterocycles. The Morgan fingerprint density at radius 3 is 2.60 bits per heavy atom. The van der Waals surface area contributed by atoms with Crippen LogP contribution in [0.1, 0.15) is 32.6 Å². The van der Waals surface area contributed by atoms with Crippen molar-refractivity contribution < 1.29 is 5.11 Å². The third-order valence-electron chi connectivity index (χ3n) is 3.46. The Labute approximate surface area is 62.4 Å². The lowest BCUT2D eigenvalue weighted by atomic mass is 9.86. The second kappa shape index (κ2) is 2.23.